The van der Waals surface area contributed by atoms with E-state index in [0.29, 0.717) is 5.75 Å². The van der Waals surface area contributed by atoms with Gasteiger partial charge in [0, 0.05) is 35.3 Å². The van der Waals surface area contributed by atoms with Gasteiger partial charge in [0.15, 0.2) is 11.5 Å². The molecule has 5 rings (SSSR count). The standard InChI is InChI=1S/C20H20N4O3/c1-2-13-19(14-5-3-4-8-21-14)20-22-15(10-18(25)24(20)23-13)12-6-7-16-17(9-12)27-11-26-16/h3-10,13,19-20,22-23H,2,11H2,1H3. The zero-order chi connectivity index (χ0) is 18.4. The second-order valence-corrected chi connectivity index (χ2v) is 6.85. The lowest BCUT2D eigenvalue weighted by Crippen LogP contribution is -2.52. The van der Waals surface area contributed by atoms with E-state index < -0.39 is 0 Å². The van der Waals surface area contributed by atoms with Crippen LogP contribution in [0.2, 0.25) is 0 Å². The minimum atomic E-state index is -0.206. The molecule has 1 aromatic heterocycles. The van der Waals surface area contributed by atoms with Crippen LogP contribution in [0.3, 0.4) is 0 Å². The molecular formula is C20H20N4O3. The number of benzene rings is 1. The van der Waals surface area contributed by atoms with Gasteiger partial charge in [-0.2, -0.15) is 0 Å². The molecule has 7 nitrogen and oxygen atoms in total. The Morgan fingerprint density at radius 1 is 1.22 bits per heavy atom. The summed E-state index contributed by atoms with van der Waals surface area (Å²) in [7, 11) is 0. The third kappa shape index (κ3) is 2.62. The third-order valence-electron chi connectivity index (χ3n) is 5.32. The molecule has 0 spiro atoms. The molecule has 4 heterocycles. The van der Waals surface area contributed by atoms with Gasteiger partial charge in [-0.3, -0.25) is 14.8 Å². The zero-order valence-electron chi connectivity index (χ0n) is 14.9. The molecule has 2 N–H and O–H groups in total. The van der Waals surface area contributed by atoms with Crippen LogP contribution in [0.25, 0.3) is 5.70 Å². The lowest BCUT2D eigenvalue weighted by atomic mass is 9.91. The van der Waals surface area contributed by atoms with Crippen molar-refractivity contribution in [3.8, 4) is 11.5 Å². The third-order valence-corrected chi connectivity index (χ3v) is 5.32. The Hall–Kier alpha value is -3.06. The molecule has 0 radical (unpaired) electrons. The average Bonchev–Trinajstić information content (AvgIpc) is 3.32. The van der Waals surface area contributed by atoms with Gasteiger partial charge in [0.25, 0.3) is 5.91 Å². The number of hydrazine groups is 1. The first-order valence-electron chi connectivity index (χ1n) is 9.13. The van der Waals surface area contributed by atoms with E-state index in [0.717, 1.165) is 29.1 Å². The van der Waals surface area contributed by atoms with Crippen molar-refractivity contribution in [1.29, 1.82) is 0 Å². The van der Waals surface area contributed by atoms with Crippen LogP contribution in [0.4, 0.5) is 0 Å². The van der Waals surface area contributed by atoms with Crippen LogP contribution >= 0.6 is 0 Å². The Bertz CT molecular complexity index is 915. The number of carbonyl (C=O) groups is 1. The smallest absolute Gasteiger partial charge is 0.264 e. The highest BCUT2D eigenvalue weighted by atomic mass is 16.7. The Kier molecular flexibility index (Phi) is 3.75. The number of aromatic nitrogens is 1. The molecule has 1 aromatic carbocycles. The molecule has 27 heavy (non-hydrogen) atoms. The highest BCUT2D eigenvalue weighted by molar-refractivity contribution is 5.97. The summed E-state index contributed by atoms with van der Waals surface area (Å²) in [6.07, 6.45) is 4.10. The molecule has 3 unspecified atom stereocenters. The fourth-order valence-corrected chi connectivity index (χ4v) is 3.99. The van der Waals surface area contributed by atoms with Crippen LogP contribution in [0.5, 0.6) is 11.5 Å². The molecule has 3 atom stereocenters. The second kappa shape index (κ2) is 6.28. The lowest BCUT2D eigenvalue weighted by Gasteiger charge is -2.33. The van der Waals surface area contributed by atoms with E-state index >= 15 is 0 Å². The summed E-state index contributed by atoms with van der Waals surface area (Å²) < 4.78 is 10.9. The number of nitrogens with zero attached hydrogens (tertiary/aromatic N) is 2. The molecule has 0 saturated carbocycles. The summed E-state index contributed by atoms with van der Waals surface area (Å²) in [5.41, 5.74) is 5.99. The molecule has 0 aliphatic carbocycles. The van der Waals surface area contributed by atoms with Crippen molar-refractivity contribution in [1.82, 2.24) is 20.7 Å². The maximum absolute atomic E-state index is 12.8. The summed E-state index contributed by atoms with van der Waals surface area (Å²) >= 11 is 0. The van der Waals surface area contributed by atoms with Crippen LogP contribution in [0, 0.1) is 0 Å². The van der Waals surface area contributed by atoms with Gasteiger partial charge in [-0.1, -0.05) is 13.0 Å². The molecule has 1 fully saturated rings. The van der Waals surface area contributed by atoms with Crippen LogP contribution in [0.15, 0.2) is 48.7 Å². The van der Waals surface area contributed by atoms with E-state index in [1.165, 1.54) is 0 Å². The Morgan fingerprint density at radius 2 is 2.11 bits per heavy atom. The van der Waals surface area contributed by atoms with Crippen molar-refractivity contribution in [2.45, 2.75) is 31.5 Å². The van der Waals surface area contributed by atoms with Crippen molar-refractivity contribution in [3.05, 3.63) is 59.9 Å². The van der Waals surface area contributed by atoms with Gasteiger partial charge < -0.3 is 14.8 Å². The Morgan fingerprint density at radius 3 is 2.93 bits per heavy atom. The van der Waals surface area contributed by atoms with Gasteiger partial charge in [-0.25, -0.2) is 5.43 Å². The summed E-state index contributed by atoms with van der Waals surface area (Å²) in [5, 5.41) is 5.22. The summed E-state index contributed by atoms with van der Waals surface area (Å²) in [4.78, 5) is 17.3. The number of hydrogen-bond donors (Lipinski definition) is 2. The van der Waals surface area contributed by atoms with Crippen molar-refractivity contribution in [2.75, 3.05) is 6.79 Å². The first kappa shape index (κ1) is 16.1. The van der Waals surface area contributed by atoms with Crippen LogP contribution in [-0.4, -0.2) is 34.9 Å². The summed E-state index contributed by atoms with van der Waals surface area (Å²) in [6.45, 7) is 2.34. The van der Waals surface area contributed by atoms with Crippen molar-refractivity contribution in [3.63, 3.8) is 0 Å². The van der Waals surface area contributed by atoms with Gasteiger partial charge in [-0.05, 0) is 36.8 Å². The molecule has 1 amide bonds. The van der Waals surface area contributed by atoms with E-state index in [-0.39, 0.29) is 30.8 Å². The predicted octanol–water partition coefficient (Wildman–Crippen LogP) is 1.99. The zero-order valence-corrected chi connectivity index (χ0v) is 14.9. The van der Waals surface area contributed by atoms with E-state index in [2.05, 4.69) is 22.7 Å². The highest BCUT2D eigenvalue weighted by Gasteiger charge is 2.46. The minimum absolute atomic E-state index is 0.0536. The van der Waals surface area contributed by atoms with Gasteiger partial charge in [0.2, 0.25) is 6.79 Å². The number of amides is 1. The first-order chi connectivity index (χ1) is 13.2. The molecule has 2 aromatic rings. The second-order valence-electron chi connectivity index (χ2n) is 6.85. The number of fused-ring (bicyclic) bond motifs is 2. The van der Waals surface area contributed by atoms with Gasteiger partial charge in [0.1, 0.15) is 6.17 Å². The maximum Gasteiger partial charge on any atom is 0.264 e. The number of nitrogens with one attached hydrogen (secondary N) is 2. The summed E-state index contributed by atoms with van der Waals surface area (Å²) in [6, 6.07) is 11.7. The van der Waals surface area contributed by atoms with Gasteiger partial charge >= 0.3 is 0 Å². The Labute approximate surface area is 157 Å². The van der Waals surface area contributed by atoms with Crippen molar-refractivity contribution >= 4 is 11.6 Å². The number of rotatable bonds is 3. The number of carbonyl (C=O) groups excluding carboxylic acids is 1. The van der Waals surface area contributed by atoms with E-state index in [9.17, 15) is 4.79 Å². The van der Waals surface area contributed by atoms with Crippen LogP contribution < -0.4 is 20.2 Å². The topological polar surface area (TPSA) is 75.7 Å². The van der Waals surface area contributed by atoms with Crippen molar-refractivity contribution < 1.29 is 14.3 Å². The highest BCUT2D eigenvalue weighted by Crippen LogP contribution is 2.37. The molecular weight excluding hydrogens is 344 g/mol. The average molecular weight is 364 g/mol. The molecule has 3 aliphatic rings. The van der Waals surface area contributed by atoms with Gasteiger partial charge in [0.05, 0.1) is 5.92 Å². The van der Waals surface area contributed by atoms with Crippen LogP contribution in [0.1, 0.15) is 30.5 Å². The fourth-order valence-electron chi connectivity index (χ4n) is 3.99. The van der Waals surface area contributed by atoms with E-state index in [1.807, 2.05) is 36.4 Å². The molecule has 0 bridgehead atoms. The van der Waals surface area contributed by atoms with Crippen molar-refractivity contribution in [2.24, 2.45) is 0 Å². The molecule has 7 heteroatoms. The fraction of sp³-hybridized carbons (Fsp3) is 0.300. The number of hydrogen-bond acceptors (Lipinski definition) is 6. The first-order valence-corrected chi connectivity index (χ1v) is 9.13. The SMILES string of the molecule is CCC1NN2C(=O)C=C(c3ccc4c(c3)OCO4)NC2C1c1ccccn1. The van der Waals surface area contributed by atoms with Gasteiger partial charge in [-0.15, -0.1) is 0 Å². The molecule has 1 saturated heterocycles. The molecule has 138 valence electrons. The van der Waals surface area contributed by atoms with E-state index in [1.54, 1.807) is 17.3 Å². The maximum atomic E-state index is 12.8. The van der Waals surface area contributed by atoms with E-state index in [4.69, 9.17) is 9.47 Å². The minimum Gasteiger partial charge on any atom is -0.454 e. The number of ether oxygens (including phenoxy) is 2. The predicted molar refractivity (Wildman–Crippen MR) is 98.5 cm³/mol. The normalized spacial score (nSPS) is 25.8. The Balaban J connectivity index is 1.50. The van der Waals surface area contributed by atoms with Crippen LogP contribution in [-0.2, 0) is 4.79 Å². The number of pyridine rings is 1. The molecule has 3 aliphatic heterocycles. The quantitative estimate of drug-likeness (QED) is 0.868. The largest absolute Gasteiger partial charge is 0.454 e. The monoisotopic (exact) mass is 364 g/mol. The summed E-state index contributed by atoms with van der Waals surface area (Å²) in [5.74, 6) is 1.41. The lowest BCUT2D eigenvalue weighted by molar-refractivity contribution is -0.131.